The SMILES string of the molecule is CN1NOC(=O)/C1=C\C(=NC(=O)c1ccccc1)C(=O)N1CCC(O)CC1. The summed E-state index contributed by atoms with van der Waals surface area (Å²) in [5, 5.41) is 10.9. The number of hydrogen-bond donors (Lipinski definition) is 2. The zero-order valence-electron chi connectivity index (χ0n) is 14.8. The Hall–Kier alpha value is -3.04. The van der Waals surface area contributed by atoms with Crippen LogP contribution < -0.4 is 5.59 Å². The van der Waals surface area contributed by atoms with Crippen LogP contribution >= 0.6 is 0 Å². The largest absolute Gasteiger partial charge is 0.393 e. The number of amides is 2. The Morgan fingerprint density at radius 2 is 1.93 bits per heavy atom. The highest BCUT2D eigenvalue weighted by atomic mass is 16.7. The Morgan fingerprint density at radius 1 is 1.26 bits per heavy atom. The summed E-state index contributed by atoms with van der Waals surface area (Å²) in [6.45, 7) is 0.695. The van der Waals surface area contributed by atoms with Crippen molar-refractivity contribution < 1.29 is 24.3 Å². The molecule has 9 nitrogen and oxygen atoms in total. The first-order valence-corrected chi connectivity index (χ1v) is 8.53. The summed E-state index contributed by atoms with van der Waals surface area (Å²) in [4.78, 5) is 47.3. The molecular weight excluding hydrogens is 352 g/mol. The van der Waals surface area contributed by atoms with E-state index in [9.17, 15) is 19.5 Å². The lowest BCUT2D eigenvalue weighted by molar-refractivity contribution is -0.142. The fourth-order valence-electron chi connectivity index (χ4n) is 2.76. The van der Waals surface area contributed by atoms with Crippen LogP contribution in [0.3, 0.4) is 0 Å². The van der Waals surface area contributed by atoms with Crippen LogP contribution in [-0.2, 0) is 14.4 Å². The molecule has 9 heteroatoms. The normalized spacial score (nSPS) is 20.1. The van der Waals surface area contributed by atoms with E-state index in [-0.39, 0.29) is 11.4 Å². The maximum absolute atomic E-state index is 12.9. The highest BCUT2D eigenvalue weighted by Crippen LogP contribution is 2.14. The molecule has 0 aliphatic carbocycles. The number of aliphatic imine (C=N–C) groups is 1. The van der Waals surface area contributed by atoms with Gasteiger partial charge in [-0.15, -0.1) is 0 Å². The average molecular weight is 372 g/mol. The summed E-state index contributed by atoms with van der Waals surface area (Å²) in [7, 11) is 1.54. The number of carbonyl (C=O) groups is 3. The van der Waals surface area contributed by atoms with E-state index >= 15 is 0 Å². The summed E-state index contributed by atoms with van der Waals surface area (Å²) in [6, 6.07) is 8.34. The molecule has 2 saturated heterocycles. The number of hydrogen-bond acceptors (Lipinski definition) is 7. The van der Waals surface area contributed by atoms with Gasteiger partial charge in [0.15, 0.2) is 0 Å². The molecule has 3 rings (SSSR count). The molecule has 27 heavy (non-hydrogen) atoms. The number of benzene rings is 1. The van der Waals surface area contributed by atoms with Crippen LogP contribution in [0.2, 0.25) is 0 Å². The number of likely N-dealkylation sites (N-methyl/N-ethyl adjacent to an activating group) is 1. The molecule has 0 unspecified atom stereocenters. The molecule has 1 aromatic rings. The van der Waals surface area contributed by atoms with Gasteiger partial charge in [-0.3, -0.25) is 14.6 Å². The minimum absolute atomic E-state index is 0.0556. The van der Waals surface area contributed by atoms with Crippen molar-refractivity contribution in [1.82, 2.24) is 15.5 Å². The summed E-state index contributed by atoms with van der Waals surface area (Å²) in [5.41, 5.74) is 2.57. The molecular formula is C18H20N4O5. The maximum atomic E-state index is 12.9. The molecule has 142 valence electrons. The number of aliphatic hydroxyl groups excluding tert-OH is 1. The first-order valence-electron chi connectivity index (χ1n) is 8.53. The number of piperidine rings is 1. The standard InChI is InChI=1S/C18H20N4O5/c1-21-15(18(26)27-20-21)11-14(17(25)22-9-7-13(23)8-10-22)19-16(24)12-5-3-2-4-6-12/h2-6,11,13,20,23H,7-10H2,1H3/b15-11+,19-14?. The van der Waals surface area contributed by atoms with Gasteiger partial charge >= 0.3 is 5.97 Å². The molecule has 0 bridgehead atoms. The number of carbonyl (C=O) groups excluding carboxylic acids is 3. The molecule has 0 spiro atoms. The van der Waals surface area contributed by atoms with Gasteiger partial charge in [-0.2, -0.15) is 0 Å². The third kappa shape index (κ3) is 4.39. The van der Waals surface area contributed by atoms with Gasteiger partial charge in [0.05, 0.1) is 6.10 Å². The molecule has 0 saturated carbocycles. The zero-order chi connectivity index (χ0) is 19.4. The fraction of sp³-hybridized carbons (Fsp3) is 0.333. The second-order valence-electron chi connectivity index (χ2n) is 6.26. The Labute approximate surface area is 155 Å². The molecule has 0 atom stereocenters. The summed E-state index contributed by atoms with van der Waals surface area (Å²) in [6.07, 6.45) is 1.69. The van der Waals surface area contributed by atoms with E-state index in [4.69, 9.17) is 0 Å². The second kappa shape index (κ2) is 8.11. The van der Waals surface area contributed by atoms with E-state index in [1.54, 1.807) is 30.3 Å². The van der Waals surface area contributed by atoms with Crippen LogP contribution in [0.25, 0.3) is 0 Å². The minimum Gasteiger partial charge on any atom is -0.393 e. The van der Waals surface area contributed by atoms with E-state index in [0.29, 0.717) is 31.5 Å². The topological polar surface area (TPSA) is 112 Å². The monoisotopic (exact) mass is 372 g/mol. The first-order chi connectivity index (χ1) is 13.0. The predicted octanol–water partition coefficient (Wildman–Crippen LogP) is 0.0432. The van der Waals surface area contributed by atoms with Crippen molar-refractivity contribution in [3.8, 4) is 0 Å². The molecule has 2 amide bonds. The summed E-state index contributed by atoms with van der Waals surface area (Å²) >= 11 is 0. The molecule has 2 aliphatic heterocycles. The first kappa shape index (κ1) is 18.7. The van der Waals surface area contributed by atoms with Gasteiger partial charge in [-0.05, 0) is 25.0 Å². The molecule has 2 aliphatic rings. The number of hydrazine groups is 1. The van der Waals surface area contributed by atoms with Gasteiger partial charge < -0.3 is 14.8 Å². The van der Waals surface area contributed by atoms with Gasteiger partial charge in [0.2, 0.25) is 0 Å². The Kier molecular flexibility index (Phi) is 5.63. The van der Waals surface area contributed by atoms with E-state index in [1.807, 2.05) is 0 Å². The Bertz CT molecular complexity index is 797. The summed E-state index contributed by atoms with van der Waals surface area (Å²) in [5.74, 6) is -1.75. The van der Waals surface area contributed by atoms with Crippen molar-refractivity contribution >= 4 is 23.5 Å². The minimum atomic E-state index is -0.681. The number of nitrogens with one attached hydrogen (secondary N) is 1. The van der Waals surface area contributed by atoms with Crippen molar-refractivity contribution in [1.29, 1.82) is 0 Å². The maximum Gasteiger partial charge on any atom is 0.376 e. The van der Waals surface area contributed by atoms with Crippen LogP contribution in [0.5, 0.6) is 0 Å². The van der Waals surface area contributed by atoms with E-state index in [2.05, 4.69) is 15.4 Å². The Balaban J connectivity index is 1.92. The second-order valence-corrected chi connectivity index (χ2v) is 6.26. The van der Waals surface area contributed by atoms with Crippen LogP contribution in [0, 0.1) is 0 Å². The molecule has 2 fully saturated rings. The van der Waals surface area contributed by atoms with Crippen molar-refractivity contribution in [2.24, 2.45) is 4.99 Å². The lowest BCUT2D eigenvalue weighted by Crippen LogP contribution is -2.43. The molecule has 0 aromatic heterocycles. The third-order valence-electron chi connectivity index (χ3n) is 4.33. The zero-order valence-corrected chi connectivity index (χ0v) is 14.8. The lowest BCUT2D eigenvalue weighted by Gasteiger charge is -2.29. The number of rotatable bonds is 3. The number of likely N-dealkylation sites (tertiary alicyclic amines) is 1. The van der Waals surface area contributed by atoms with Crippen molar-refractivity contribution in [2.75, 3.05) is 20.1 Å². The van der Waals surface area contributed by atoms with Crippen LogP contribution in [0.15, 0.2) is 47.1 Å². The quantitative estimate of drug-likeness (QED) is 0.569. The lowest BCUT2D eigenvalue weighted by atomic mass is 10.1. The van der Waals surface area contributed by atoms with Gasteiger partial charge in [0.25, 0.3) is 11.8 Å². The smallest absolute Gasteiger partial charge is 0.376 e. The average Bonchev–Trinajstić information content (AvgIpc) is 3.00. The van der Waals surface area contributed by atoms with Gasteiger partial charge in [-0.25, -0.2) is 9.79 Å². The number of aliphatic hydroxyl groups is 1. The number of nitrogens with zero attached hydrogens (tertiary/aromatic N) is 3. The van der Waals surface area contributed by atoms with E-state index < -0.39 is 23.9 Å². The molecule has 0 radical (unpaired) electrons. The highest BCUT2D eigenvalue weighted by molar-refractivity contribution is 6.45. The van der Waals surface area contributed by atoms with Gasteiger partial charge in [0.1, 0.15) is 11.4 Å². The van der Waals surface area contributed by atoms with Crippen molar-refractivity contribution in [2.45, 2.75) is 18.9 Å². The predicted molar refractivity (Wildman–Crippen MR) is 95.1 cm³/mol. The molecule has 2 N–H and O–H groups in total. The third-order valence-corrected chi connectivity index (χ3v) is 4.33. The van der Waals surface area contributed by atoms with Crippen molar-refractivity contribution in [3.05, 3.63) is 47.7 Å². The Morgan fingerprint density at radius 3 is 2.52 bits per heavy atom. The fourth-order valence-corrected chi connectivity index (χ4v) is 2.76. The molecule has 1 aromatic carbocycles. The highest BCUT2D eigenvalue weighted by Gasteiger charge is 2.29. The van der Waals surface area contributed by atoms with E-state index in [0.717, 1.165) is 0 Å². The van der Waals surface area contributed by atoms with E-state index in [1.165, 1.54) is 23.0 Å². The van der Waals surface area contributed by atoms with Gasteiger partial charge in [0, 0.05) is 31.8 Å². The van der Waals surface area contributed by atoms with Crippen molar-refractivity contribution in [3.63, 3.8) is 0 Å². The van der Waals surface area contributed by atoms with Gasteiger partial charge in [-0.1, -0.05) is 23.8 Å². The van der Waals surface area contributed by atoms with Crippen LogP contribution in [0.1, 0.15) is 23.2 Å². The van der Waals surface area contributed by atoms with Crippen LogP contribution in [-0.4, -0.2) is 64.8 Å². The van der Waals surface area contributed by atoms with Crippen LogP contribution in [0.4, 0.5) is 0 Å². The molecule has 2 heterocycles. The summed E-state index contributed by atoms with van der Waals surface area (Å²) < 4.78 is 0.